The van der Waals surface area contributed by atoms with Crippen molar-refractivity contribution in [2.24, 2.45) is 0 Å². The molecule has 0 radical (unpaired) electrons. The topological polar surface area (TPSA) is 84.9 Å². The Balaban J connectivity index is 1.94. The van der Waals surface area contributed by atoms with Crippen molar-refractivity contribution >= 4 is 38.9 Å². The largest absolute Gasteiger partial charge is 0.495 e. The Bertz CT molecular complexity index is 1270. The summed E-state index contributed by atoms with van der Waals surface area (Å²) in [5.41, 5.74) is 0.523. The maximum atomic E-state index is 13.4. The summed E-state index contributed by atoms with van der Waals surface area (Å²) < 4.78 is 51.3. The molecule has 0 fully saturated rings. The monoisotopic (exact) mass is 478 g/mol. The first-order valence-electron chi connectivity index (χ1n) is 9.25. The third-order valence-electron chi connectivity index (χ3n) is 4.63. The molecule has 3 rings (SSSR count). The van der Waals surface area contributed by atoms with Crippen LogP contribution in [-0.2, 0) is 10.0 Å². The minimum atomic E-state index is -4.08. The van der Waals surface area contributed by atoms with E-state index in [9.17, 15) is 17.6 Å². The van der Waals surface area contributed by atoms with E-state index in [1.807, 2.05) is 0 Å². The zero-order valence-corrected chi connectivity index (χ0v) is 19.0. The van der Waals surface area contributed by atoms with Gasteiger partial charge in [0.25, 0.3) is 15.9 Å². The van der Waals surface area contributed by atoms with Crippen molar-refractivity contribution in [2.45, 2.75) is 4.90 Å². The van der Waals surface area contributed by atoms with Gasteiger partial charge in [-0.2, -0.15) is 0 Å². The Morgan fingerprint density at radius 1 is 1.00 bits per heavy atom. The number of ether oxygens (including phenoxy) is 2. The number of anilines is 2. The van der Waals surface area contributed by atoms with E-state index in [4.69, 9.17) is 21.1 Å². The van der Waals surface area contributed by atoms with E-state index in [2.05, 4.69) is 5.32 Å². The number of amides is 1. The highest BCUT2D eigenvalue weighted by atomic mass is 35.5. The molecule has 1 amide bonds. The van der Waals surface area contributed by atoms with Crippen molar-refractivity contribution in [1.29, 1.82) is 0 Å². The number of carbonyl (C=O) groups is 1. The highest BCUT2D eigenvalue weighted by Gasteiger charge is 2.26. The molecular weight excluding hydrogens is 459 g/mol. The predicted octanol–water partition coefficient (Wildman–Crippen LogP) is 4.57. The zero-order chi connectivity index (χ0) is 23.5. The summed E-state index contributed by atoms with van der Waals surface area (Å²) in [5, 5.41) is 2.74. The molecule has 10 heteroatoms. The van der Waals surface area contributed by atoms with Gasteiger partial charge in [0.2, 0.25) is 0 Å². The number of sulfonamides is 1. The minimum Gasteiger partial charge on any atom is -0.495 e. The van der Waals surface area contributed by atoms with Gasteiger partial charge in [0.1, 0.15) is 17.3 Å². The van der Waals surface area contributed by atoms with Gasteiger partial charge in [-0.25, -0.2) is 12.8 Å². The number of rotatable bonds is 7. The van der Waals surface area contributed by atoms with Crippen molar-refractivity contribution in [3.8, 4) is 11.5 Å². The van der Waals surface area contributed by atoms with Crippen molar-refractivity contribution in [2.75, 3.05) is 30.9 Å². The number of halogens is 2. The van der Waals surface area contributed by atoms with E-state index >= 15 is 0 Å². The molecule has 0 aliphatic rings. The fourth-order valence-electron chi connectivity index (χ4n) is 2.95. The van der Waals surface area contributed by atoms with Gasteiger partial charge in [-0.1, -0.05) is 23.7 Å². The lowest BCUT2D eigenvalue weighted by Gasteiger charge is -2.23. The normalized spacial score (nSPS) is 11.0. The molecule has 0 unspecified atom stereocenters. The number of nitrogens with zero attached hydrogens (tertiary/aromatic N) is 1. The summed E-state index contributed by atoms with van der Waals surface area (Å²) in [6, 6.07) is 13.8. The molecule has 32 heavy (non-hydrogen) atoms. The van der Waals surface area contributed by atoms with Gasteiger partial charge >= 0.3 is 0 Å². The molecule has 7 nitrogen and oxygen atoms in total. The van der Waals surface area contributed by atoms with E-state index in [0.29, 0.717) is 5.75 Å². The van der Waals surface area contributed by atoms with Gasteiger partial charge in [-0.3, -0.25) is 9.10 Å². The molecular formula is C22H20ClFN2O5S. The number of methoxy groups -OCH3 is 2. The number of carbonyl (C=O) groups excluding carboxylic acids is 1. The average molecular weight is 479 g/mol. The first-order chi connectivity index (χ1) is 15.2. The van der Waals surface area contributed by atoms with Gasteiger partial charge in [0.05, 0.1) is 29.8 Å². The van der Waals surface area contributed by atoms with Crippen molar-refractivity contribution in [1.82, 2.24) is 0 Å². The standard InChI is InChI=1S/C22H20ClFN2O5S/c1-26(19-12-18(23)20(30-2)13-21(19)31-3)32(28,29)17-9-4-6-14(10-17)22(27)25-16-8-5-7-15(24)11-16/h4-13H,1-3H3,(H,25,27). The van der Waals surface area contributed by atoms with Crippen LogP contribution in [0.4, 0.5) is 15.8 Å². The van der Waals surface area contributed by atoms with Crippen LogP contribution >= 0.6 is 11.6 Å². The highest BCUT2D eigenvalue weighted by Crippen LogP contribution is 2.39. The van der Waals surface area contributed by atoms with Gasteiger partial charge < -0.3 is 14.8 Å². The second-order valence-electron chi connectivity index (χ2n) is 6.62. The average Bonchev–Trinajstić information content (AvgIpc) is 2.78. The molecule has 0 heterocycles. The summed E-state index contributed by atoms with van der Waals surface area (Å²) in [6.45, 7) is 0. The van der Waals surface area contributed by atoms with E-state index in [1.165, 1.54) is 75.9 Å². The molecule has 0 aromatic heterocycles. The van der Waals surface area contributed by atoms with Crippen LogP contribution in [0.3, 0.4) is 0 Å². The summed E-state index contributed by atoms with van der Waals surface area (Å²) in [5.74, 6) is -0.528. The Hall–Kier alpha value is -3.30. The second kappa shape index (κ2) is 9.46. The molecule has 0 saturated heterocycles. The highest BCUT2D eigenvalue weighted by molar-refractivity contribution is 7.92. The first-order valence-corrected chi connectivity index (χ1v) is 11.1. The van der Waals surface area contributed by atoms with E-state index < -0.39 is 21.7 Å². The SMILES string of the molecule is COc1cc(OC)c(N(C)S(=O)(=O)c2cccc(C(=O)Nc3cccc(F)c3)c2)cc1Cl. The maximum Gasteiger partial charge on any atom is 0.264 e. The summed E-state index contributed by atoms with van der Waals surface area (Å²) >= 11 is 6.17. The van der Waals surface area contributed by atoms with Crippen molar-refractivity contribution in [3.63, 3.8) is 0 Å². The van der Waals surface area contributed by atoms with Gasteiger partial charge in [-0.15, -0.1) is 0 Å². The second-order valence-corrected chi connectivity index (χ2v) is 9.00. The maximum absolute atomic E-state index is 13.4. The molecule has 1 N–H and O–H groups in total. The summed E-state index contributed by atoms with van der Waals surface area (Å²) in [4.78, 5) is 12.4. The summed E-state index contributed by atoms with van der Waals surface area (Å²) in [6.07, 6.45) is 0. The molecule has 168 valence electrons. The Morgan fingerprint density at radius 2 is 1.69 bits per heavy atom. The van der Waals surface area contributed by atoms with Gasteiger partial charge in [0, 0.05) is 24.4 Å². The zero-order valence-electron chi connectivity index (χ0n) is 17.4. The third-order valence-corrected chi connectivity index (χ3v) is 6.69. The van der Waals surface area contributed by atoms with E-state index in [0.717, 1.165) is 10.4 Å². The van der Waals surface area contributed by atoms with Crippen LogP contribution < -0.4 is 19.1 Å². The Morgan fingerprint density at radius 3 is 2.34 bits per heavy atom. The van der Waals surface area contributed by atoms with Crippen molar-refractivity contribution < 1.29 is 27.1 Å². The number of nitrogens with one attached hydrogen (secondary N) is 1. The quantitative estimate of drug-likeness (QED) is 0.537. The molecule has 0 aliphatic carbocycles. The Labute approximate surface area is 190 Å². The lowest BCUT2D eigenvalue weighted by atomic mass is 10.2. The molecule has 0 atom stereocenters. The lowest BCUT2D eigenvalue weighted by Crippen LogP contribution is -2.27. The summed E-state index contributed by atoms with van der Waals surface area (Å²) in [7, 11) is 0.0846. The van der Waals surface area contributed by atoms with Crippen LogP contribution in [0.25, 0.3) is 0 Å². The molecule has 0 aliphatic heterocycles. The Kier molecular flexibility index (Phi) is 6.90. The van der Waals surface area contributed by atoms with Crippen LogP contribution in [-0.4, -0.2) is 35.6 Å². The van der Waals surface area contributed by atoms with Crippen LogP contribution in [0.1, 0.15) is 10.4 Å². The van der Waals surface area contributed by atoms with E-state index in [-0.39, 0.29) is 32.6 Å². The fraction of sp³-hybridized carbons (Fsp3) is 0.136. The number of hydrogen-bond acceptors (Lipinski definition) is 5. The van der Waals surface area contributed by atoms with Crippen LogP contribution in [0.15, 0.2) is 65.6 Å². The third kappa shape index (κ3) is 4.79. The smallest absolute Gasteiger partial charge is 0.264 e. The van der Waals surface area contributed by atoms with Gasteiger partial charge in [0.15, 0.2) is 0 Å². The number of benzene rings is 3. The molecule has 3 aromatic carbocycles. The fourth-order valence-corrected chi connectivity index (χ4v) is 4.42. The predicted molar refractivity (Wildman–Crippen MR) is 121 cm³/mol. The minimum absolute atomic E-state index is 0.0865. The van der Waals surface area contributed by atoms with Crippen molar-refractivity contribution in [3.05, 3.63) is 77.1 Å². The molecule has 0 spiro atoms. The molecule has 0 saturated carbocycles. The van der Waals surface area contributed by atoms with E-state index in [1.54, 1.807) is 0 Å². The van der Waals surface area contributed by atoms with Gasteiger partial charge in [-0.05, 0) is 42.5 Å². The van der Waals surface area contributed by atoms with Crippen LogP contribution in [0, 0.1) is 5.82 Å². The van der Waals surface area contributed by atoms with Crippen LogP contribution in [0.5, 0.6) is 11.5 Å². The number of hydrogen-bond donors (Lipinski definition) is 1. The molecule has 0 bridgehead atoms. The van der Waals surface area contributed by atoms with Crippen LogP contribution in [0.2, 0.25) is 5.02 Å². The molecule has 3 aromatic rings. The first kappa shape index (κ1) is 23.4. The lowest BCUT2D eigenvalue weighted by molar-refractivity contribution is 0.102.